The van der Waals surface area contributed by atoms with E-state index in [1.807, 2.05) is 0 Å². The van der Waals surface area contributed by atoms with Crippen LogP contribution in [-0.2, 0) is 0 Å². The van der Waals surface area contributed by atoms with Crippen molar-refractivity contribution in [3.05, 3.63) is 205 Å². The van der Waals surface area contributed by atoms with E-state index in [0.29, 0.717) is 0 Å². The van der Waals surface area contributed by atoms with Crippen LogP contribution in [0.5, 0.6) is 0 Å². The van der Waals surface area contributed by atoms with Crippen LogP contribution in [0.2, 0.25) is 0 Å². The van der Waals surface area contributed by atoms with Crippen molar-refractivity contribution in [2.24, 2.45) is 0 Å². The Morgan fingerprint density at radius 1 is 0.180 bits per heavy atom. The molecular formula is C50H38. The molecule has 0 fully saturated rings. The first-order valence-corrected chi connectivity index (χ1v) is 17.3. The maximum atomic E-state index is 2.37. The quantitative estimate of drug-likeness (QED) is 0.163. The van der Waals surface area contributed by atoms with Gasteiger partial charge in [-0.05, 0) is 146 Å². The summed E-state index contributed by atoms with van der Waals surface area (Å²) < 4.78 is 0. The fourth-order valence-corrected chi connectivity index (χ4v) is 6.77. The molecule has 0 radical (unpaired) electrons. The summed E-state index contributed by atoms with van der Waals surface area (Å²) in [7, 11) is 0. The van der Waals surface area contributed by atoms with Crippen LogP contribution < -0.4 is 0 Å². The van der Waals surface area contributed by atoms with Crippen molar-refractivity contribution in [3.63, 3.8) is 0 Å². The van der Waals surface area contributed by atoms with Gasteiger partial charge in [0, 0.05) is 0 Å². The van der Waals surface area contributed by atoms with Crippen molar-refractivity contribution in [1.82, 2.24) is 0 Å². The number of hydrogen-bond donors (Lipinski definition) is 0. The Balaban J connectivity index is 1.36. The molecule has 50 heavy (non-hydrogen) atoms. The van der Waals surface area contributed by atoms with E-state index in [2.05, 4.69) is 208 Å². The molecule has 8 aromatic carbocycles. The molecule has 0 aliphatic carbocycles. The smallest absolute Gasteiger partial charge is 0.0171 e. The predicted octanol–water partition coefficient (Wildman–Crippen LogP) is 14.0. The minimum absolute atomic E-state index is 1.19. The lowest BCUT2D eigenvalue weighted by atomic mass is 9.88. The fraction of sp³-hybridized carbons (Fsp3) is 0.0400. The van der Waals surface area contributed by atoms with Crippen LogP contribution in [0.1, 0.15) is 11.1 Å². The number of aryl methyl sites for hydroxylation is 2. The van der Waals surface area contributed by atoms with Gasteiger partial charge in [-0.3, -0.25) is 0 Å². The van der Waals surface area contributed by atoms with Gasteiger partial charge in [0.25, 0.3) is 0 Å². The van der Waals surface area contributed by atoms with Crippen molar-refractivity contribution in [1.29, 1.82) is 0 Å². The number of rotatable bonds is 7. The van der Waals surface area contributed by atoms with Crippen LogP contribution in [-0.4, -0.2) is 0 Å². The summed E-state index contributed by atoms with van der Waals surface area (Å²) in [6.45, 7) is 4.28. The zero-order valence-corrected chi connectivity index (χ0v) is 28.5. The molecule has 0 saturated heterocycles. The topological polar surface area (TPSA) is 0 Å². The minimum atomic E-state index is 1.19. The van der Waals surface area contributed by atoms with Gasteiger partial charge in [-0.2, -0.15) is 0 Å². The highest BCUT2D eigenvalue weighted by Gasteiger charge is 2.14. The maximum Gasteiger partial charge on any atom is -0.0171 e. The van der Waals surface area contributed by atoms with Crippen LogP contribution in [0, 0.1) is 13.8 Å². The highest BCUT2D eigenvalue weighted by Crippen LogP contribution is 2.39. The summed E-state index contributed by atoms with van der Waals surface area (Å²) in [6.07, 6.45) is 0. The molecule has 0 aromatic heterocycles. The molecule has 0 bridgehead atoms. The molecule has 8 aromatic rings. The van der Waals surface area contributed by atoms with Crippen molar-refractivity contribution in [2.45, 2.75) is 13.8 Å². The number of benzene rings is 8. The second-order valence-corrected chi connectivity index (χ2v) is 13.2. The SMILES string of the molecule is Cc1ccc(-c2cc(-c3ccccc3)cc(-c3cc(-c4ccccc4)cc(-c4cc(-c5ccccc5)cc(-c5ccc(C)cc5)c4)c3)c2)cc1. The molecule has 8 rings (SSSR count). The molecule has 0 unspecified atom stereocenters. The number of hydrogen-bond acceptors (Lipinski definition) is 0. The van der Waals surface area contributed by atoms with Gasteiger partial charge in [0.1, 0.15) is 0 Å². The molecular weight excluding hydrogens is 601 g/mol. The van der Waals surface area contributed by atoms with Gasteiger partial charge in [-0.25, -0.2) is 0 Å². The van der Waals surface area contributed by atoms with Gasteiger partial charge < -0.3 is 0 Å². The monoisotopic (exact) mass is 638 g/mol. The second-order valence-electron chi connectivity index (χ2n) is 13.2. The first kappa shape index (κ1) is 31.1. The predicted molar refractivity (Wildman–Crippen MR) is 214 cm³/mol. The van der Waals surface area contributed by atoms with E-state index in [-0.39, 0.29) is 0 Å². The molecule has 0 atom stereocenters. The Morgan fingerprint density at radius 3 is 0.580 bits per heavy atom. The average Bonchev–Trinajstić information content (AvgIpc) is 3.19. The Bertz CT molecular complexity index is 2230. The van der Waals surface area contributed by atoms with Crippen LogP contribution in [0.25, 0.3) is 77.9 Å². The maximum absolute atomic E-state index is 2.37. The normalized spacial score (nSPS) is 11.0. The van der Waals surface area contributed by atoms with Gasteiger partial charge in [0.2, 0.25) is 0 Å². The van der Waals surface area contributed by atoms with Crippen molar-refractivity contribution in [2.75, 3.05) is 0 Å². The van der Waals surface area contributed by atoms with Crippen LogP contribution in [0.15, 0.2) is 194 Å². The highest BCUT2D eigenvalue weighted by atomic mass is 14.2. The third-order valence-electron chi connectivity index (χ3n) is 9.56. The molecule has 238 valence electrons. The molecule has 0 spiro atoms. The molecule has 0 nitrogen and oxygen atoms in total. The third-order valence-corrected chi connectivity index (χ3v) is 9.56. The average molecular weight is 639 g/mol. The lowest BCUT2D eigenvalue weighted by molar-refractivity contribution is 1.46. The standard InChI is InChI=1S/C50H38/c1-35-18-22-40(23-19-35)45-26-42(37-12-6-3-7-13-37)28-47(32-45)49-30-44(39-16-10-5-11-17-39)31-50(34-49)48-29-43(38-14-8-4-9-15-38)27-46(33-48)41-24-20-36(2)21-25-41/h3-34H,1-2H3. The van der Waals surface area contributed by atoms with Crippen LogP contribution >= 0.6 is 0 Å². The largest absolute Gasteiger partial charge is 0.0622 e. The van der Waals surface area contributed by atoms with Crippen LogP contribution in [0.4, 0.5) is 0 Å². The molecule has 0 N–H and O–H groups in total. The first-order chi connectivity index (χ1) is 24.6. The van der Waals surface area contributed by atoms with E-state index >= 15 is 0 Å². The molecule has 0 aliphatic heterocycles. The summed E-state index contributed by atoms with van der Waals surface area (Å²) in [5.74, 6) is 0. The summed E-state index contributed by atoms with van der Waals surface area (Å²) in [4.78, 5) is 0. The highest BCUT2D eigenvalue weighted by molar-refractivity contribution is 5.88. The molecule has 0 heterocycles. The summed E-state index contributed by atoms with van der Waals surface area (Å²) >= 11 is 0. The zero-order chi connectivity index (χ0) is 33.9. The van der Waals surface area contributed by atoms with Gasteiger partial charge in [0.15, 0.2) is 0 Å². The molecule has 0 saturated carbocycles. The van der Waals surface area contributed by atoms with E-state index in [9.17, 15) is 0 Å². The Labute approximate surface area is 296 Å². The molecule has 0 heteroatoms. The fourth-order valence-electron chi connectivity index (χ4n) is 6.77. The van der Waals surface area contributed by atoms with E-state index in [4.69, 9.17) is 0 Å². The second kappa shape index (κ2) is 13.7. The third kappa shape index (κ3) is 6.70. The first-order valence-electron chi connectivity index (χ1n) is 17.3. The Morgan fingerprint density at radius 2 is 0.360 bits per heavy atom. The Hall–Kier alpha value is -6.24. The van der Waals surface area contributed by atoms with E-state index < -0.39 is 0 Å². The minimum Gasteiger partial charge on any atom is -0.0622 e. The molecule has 0 aliphatic rings. The van der Waals surface area contributed by atoms with Gasteiger partial charge >= 0.3 is 0 Å². The van der Waals surface area contributed by atoms with Crippen molar-refractivity contribution in [3.8, 4) is 77.9 Å². The summed E-state index contributed by atoms with van der Waals surface area (Å²) in [6, 6.07) is 71.0. The van der Waals surface area contributed by atoms with Gasteiger partial charge in [-0.15, -0.1) is 0 Å². The Kier molecular flexibility index (Phi) is 8.51. The van der Waals surface area contributed by atoms with Crippen LogP contribution in [0.3, 0.4) is 0 Å². The van der Waals surface area contributed by atoms with Gasteiger partial charge in [0.05, 0.1) is 0 Å². The van der Waals surface area contributed by atoms with Crippen molar-refractivity contribution >= 4 is 0 Å². The summed E-state index contributed by atoms with van der Waals surface area (Å²) in [5, 5.41) is 0. The van der Waals surface area contributed by atoms with E-state index in [0.717, 1.165) is 0 Å². The van der Waals surface area contributed by atoms with Crippen molar-refractivity contribution < 1.29 is 0 Å². The van der Waals surface area contributed by atoms with E-state index in [1.165, 1.54) is 89.0 Å². The molecule has 0 amide bonds. The summed E-state index contributed by atoms with van der Waals surface area (Å²) in [5.41, 5.74) is 19.4. The zero-order valence-electron chi connectivity index (χ0n) is 28.5. The van der Waals surface area contributed by atoms with Gasteiger partial charge in [-0.1, -0.05) is 151 Å². The lowest BCUT2D eigenvalue weighted by Crippen LogP contribution is -1.90. The lowest BCUT2D eigenvalue weighted by Gasteiger charge is -2.16. The van der Waals surface area contributed by atoms with E-state index in [1.54, 1.807) is 0 Å².